The van der Waals surface area contributed by atoms with Gasteiger partial charge in [0.2, 0.25) is 0 Å². The summed E-state index contributed by atoms with van der Waals surface area (Å²) in [6, 6.07) is 3.69. The smallest absolute Gasteiger partial charge is 0.398 e. The first kappa shape index (κ1) is 12.4. The van der Waals surface area contributed by atoms with Crippen molar-refractivity contribution < 1.29 is 17.6 Å². The molecule has 0 aliphatic heterocycles. The number of aromatic nitrogens is 2. The normalized spacial score (nSPS) is 11.8. The van der Waals surface area contributed by atoms with E-state index in [9.17, 15) is 17.6 Å². The average molecular weight is 259 g/mol. The van der Waals surface area contributed by atoms with Crippen molar-refractivity contribution in [3.63, 3.8) is 0 Å². The highest BCUT2D eigenvalue weighted by Crippen LogP contribution is 2.27. The topological polar surface area (TPSA) is 43.8 Å². The molecule has 0 spiro atoms. The first-order chi connectivity index (χ1) is 8.35. The van der Waals surface area contributed by atoms with Crippen molar-refractivity contribution in [2.45, 2.75) is 12.7 Å². The zero-order valence-corrected chi connectivity index (χ0v) is 9.08. The molecule has 3 nitrogen and oxygen atoms in total. The number of halogens is 4. The van der Waals surface area contributed by atoms with Gasteiger partial charge in [0.15, 0.2) is 0 Å². The van der Waals surface area contributed by atoms with Crippen LogP contribution in [-0.4, -0.2) is 16.0 Å². The van der Waals surface area contributed by atoms with Gasteiger partial charge in [-0.3, -0.25) is 4.68 Å². The third-order valence-electron chi connectivity index (χ3n) is 2.30. The quantitative estimate of drug-likeness (QED) is 0.665. The van der Waals surface area contributed by atoms with Crippen LogP contribution < -0.4 is 5.73 Å². The second kappa shape index (κ2) is 4.32. The maximum atomic E-state index is 13.0. The molecule has 0 atom stereocenters. The molecule has 1 aromatic carbocycles. The Morgan fingerprint density at radius 1 is 1.28 bits per heavy atom. The van der Waals surface area contributed by atoms with E-state index in [2.05, 4.69) is 5.10 Å². The molecule has 1 heterocycles. The molecule has 0 aliphatic carbocycles. The summed E-state index contributed by atoms with van der Waals surface area (Å²) >= 11 is 0. The molecule has 2 aromatic rings. The minimum Gasteiger partial charge on any atom is -0.398 e. The van der Waals surface area contributed by atoms with Gasteiger partial charge in [-0.1, -0.05) is 0 Å². The van der Waals surface area contributed by atoms with Crippen LogP contribution in [0.2, 0.25) is 0 Å². The number of alkyl halides is 3. The summed E-state index contributed by atoms with van der Waals surface area (Å²) < 4.78 is 50.2. The Hall–Kier alpha value is -2.05. The molecule has 0 saturated carbocycles. The summed E-state index contributed by atoms with van der Waals surface area (Å²) in [6.07, 6.45) is -1.95. The van der Waals surface area contributed by atoms with Crippen LogP contribution in [0.3, 0.4) is 0 Å². The third kappa shape index (κ3) is 2.79. The average Bonchev–Trinajstić information content (AvgIpc) is 2.67. The zero-order valence-electron chi connectivity index (χ0n) is 9.08. The fourth-order valence-electron chi connectivity index (χ4n) is 1.55. The van der Waals surface area contributed by atoms with Crippen LogP contribution in [0.5, 0.6) is 0 Å². The standard InChI is InChI=1S/C11H9F4N3/c12-8-1-2-10(16)9(3-8)7-4-17-18(5-7)6-11(13,14)15/h1-5H,6,16H2. The number of hydrogen-bond donors (Lipinski definition) is 1. The van der Waals surface area contributed by atoms with Crippen LogP contribution in [0.15, 0.2) is 30.6 Å². The fraction of sp³-hybridized carbons (Fsp3) is 0.182. The summed E-state index contributed by atoms with van der Waals surface area (Å²) in [5, 5.41) is 3.57. The number of nitrogen functional groups attached to an aromatic ring is 1. The lowest BCUT2D eigenvalue weighted by molar-refractivity contribution is -0.142. The Labute approximate surface area is 99.8 Å². The predicted molar refractivity (Wildman–Crippen MR) is 58.1 cm³/mol. The van der Waals surface area contributed by atoms with E-state index >= 15 is 0 Å². The van der Waals surface area contributed by atoms with Gasteiger partial charge in [-0.15, -0.1) is 0 Å². The summed E-state index contributed by atoms with van der Waals surface area (Å²) in [7, 11) is 0. The number of nitrogens with two attached hydrogens (primary N) is 1. The summed E-state index contributed by atoms with van der Waals surface area (Å²) in [4.78, 5) is 0. The van der Waals surface area contributed by atoms with Crippen molar-refractivity contribution in [2.24, 2.45) is 0 Å². The van der Waals surface area contributed by atoms with Gasteiger partial charge in [0.05, 0.1) is 6.20 Å². The molecular formula is C11H9F4N3. The molecule has 0 fully saturated rings. The summed E-state index contributed by atoms with van der Waals surface area (Å²) in [6.45, 7) is -1.19. The molecule has 2 rings (SSSR count). The van der Waals surface area contributed by atoms with Gasteiger partial charge in [0.25, 0.3) is 0 Å². The van der Waals surface area contributed by atoms with Crippen molar-refractivity contribution >= 4 is 5.69 Å². The van der Waals surface area contributed by atoms with Crippen LogP contribution in [-0.2, 0) is 6.54 Å². The van der Waals surface area contributed by atoms with Crippen molar-refractivity contribution in [3.8, 4) is 11.1 Å². The second-order valence-corrected chi connectivity index (χ2v) is 3.77. The van der Waals surface area contributed by atoms with Crippen LogP contribution in [0.25, 0.3) is 11.1 Å². The minimum atomic E-state index is -4.35. The monoisotopic (exact) mass is 259 g/mol. The number of rotatable bonds is 2. The highest BCUT2D eigenvalue weighted by atomic mass is 19.4. The SMILES string of the molecule is Nc1ccc(F)cc1-c1cnn(CC(F)(F)F)c1. The zero-order chi connectivity index (χ0) is 13.3. The van der Waals surface area contributed by atoms with Gasteiger partial charge in [-0.05, 0) is 18.2 Å². The lowest BCUT2D eigenvalue weighted by Crippen LogP contribution is -2.17. The van der Waals surface area contributed by atoms with Gasteiger partial charge in [-0.2, -0.15) is 18.3 Å². The van der Waals surface area contributed by atoms with Crippen molar-refractivity contribution in [2.75, 3.05) is 5.73 Å². The van der Waals surface area contributed by atoms with Crippen LogP contribution in [0.4, 0.5) is 23.2 Å². The van der Waals surface area contributed by atoms with Crippen LogP contribution in [0.1, 0.15) is 0 Å². The van der Waals surface area contributed by atoms with E-state index in [4.69, 9.17) is 5.73 Å². The maximum absolute atomic E-state index is 13.0. The Morgan fingerprint density at radius 2 is 2.00 bits per heavy atom. The lowest BCUT2D eigenvalue weighted by atomic mass is 10.1. The van der Waals surface area contributed by atoms with E-state index in [0.29, 0.717) is 11.1 Å². The Morgan fingerprint density at radius 3 is 2.67 bits per heavy atom. The lowest BCUT2D eigenvalue weighted by Gasteiger charge is -2.05. The highest BCUT2D eigenvalue weighted by Gasteiger charge is 2.28. The fourth-order valence-corrected chi connectivity index (χ4v) is 1.55. The number of benzene rings is 1. The molecule has 0 aliphatic rings. The molecule has 18 heavy (non-hydrogen) atoms. The second-order valence-electron chi connectivity index (χ2n) is 3.77. The first-order valence-electron chi connectivity index (χ1n) is 5.00. The number of anilines is 1. The molecule has 2 N–H and O–H groups in total. The third-order valence-corrected chi connectivity index (χ3v) is 2.30. The van der Waals surface area contributed by atoms with E-state index in [1.807, 2.05) is 0 Å². The van der Waals surface area contributed by atoms with Gasteiger partial charge in [0, 0.05) is 23.0 Å². The van der Waals surface area contributed by atoms with Crippen LogP contribution in [0, 0.1) is 5.82 Å². The summed E-state index contributed by atoms with van der Waals surface area (Å²) in [5.41, 5.74) is 6.58. The molecule has 0 saturated heterocycles. The van der Waals surface area contributed by atoms with Crippen molar-refractivity contribution in [1.29, 1.82) is 0 Å². The van der Waals surface area contributed by atoms with Crippen molar-refractivity contribution in [1.82, 2.24) is 9.78 Å². The largest absolute Gasteiger partial charge is 0.408 e. The van der Waals surface area contributed by atoms with E-state index in [1.165, 1.54) is 24.5 Å². The van der Waals surface area contributed by atoms with E-state index in [0.717, 1.165) is 10.7 Å². The predicted octanol–water partition coefficient (Wildman–Crippen LogP) is 2.83. The Bertz CT molecular complexity index is 560. The van der Waals surface area contributed by atoms with E-state index in [-0.39, 0.29) is 5.69 Å². The van der Waals surface area contributed by atoms with Gasteiger partial charge >= 0.3 is 6.18 Å². The van der Waals surface area contributed by atoms with Gasteiger partial charge in [0.1, 0.15) is 12.4 Å². The highest BCUT2D eigenvalue weighted by molar-refractivity contribution is 5.75. The molecule has 0 unspecified atom stereocenters. The van der Waals surface area contributed by atoms with Gasteiger partial charge < -0.3 is 5.73 Å². The number of hydrogen-bond acceptors (Lipinski definition) is 2. The molecule has 96 valence electrons. The minimum absolute atomic E-state index is 0.281. The van der Waals surface area contributed by atoms with Crippen LogP contribution >= 0.6 is 0 Å². The molecule has 7 heteroatoms. The molecule has 0 amide bonds. The van der Waals surface area contributed by atoms with E-state index in [1.54, 1.807) is 0 Å². The molecular weight excluding hydrogens is 250 g/mol. The Balaban J connectivity index is 2.32. The molecule has 0 bridgehead atoms. The first-order valence-corrected chi connectivity index (χ1v) is 5.00. The van der Waals surface area contributed by atoms with Gasteiger partial charge in [-0.25, -0.2) is 4.39 Å². The number of nitrogens with zero attached hydrogens (tertiary/aromatic N) is 2. The molecule has 1 aromatic heterocycles. The van der Waals surface area contributed by atoms with Crippen molar-refractivity contribution in [3.05, 3.63) is 36.4 Å². The Kier molecular flexibility index (Phi) is 2.98. The maximum Gasteiger partial charge on any atom is 0.408 e. The van der Waals surface area contributed by atoms with E-state index < -0.39 is 18.5 Å². The summed E-state index contributed by atoms with van der Waals surface area (Å²) in [5.74, 6) is -0.511. The molecule has 0 radical (unpaired) electrons.